The number of hydrogen-bond acceptors (Lipinski definition) is 2. The van der Waals surface area contributed by atoms with E-state index in [0.717, 1.165) is 31.2 Å². The second kappa shape index (κ2) is 8.22. The number of hydrogen-bond donors (Lipinski definition) is 0. The number of fused-ring (bicyclic) bond motifs is 2. The fraction of sp³-hybridized carbons (Fsp3) is 0.400. The van der Waals surface area contributed by atoms with Crippen molar-refractivity contribution < 1.29 is 9.53 Å². The first-order valence-electron chi connectivity index (χ1n) is 10.4. The molecule has 2 unspecified atom stereocenters. The highest BCUT2D eigenvalue weighted by Crippen LogP contribution is 2.35. The predicted molar refractivity (Wildman–Crippen MR) is 112 cm³/mol. The highest BCUT2D eigenvalue weighted by atomic mass is 16.6. The summed E-state index contributed by atoms with van der Waals surface area (Å²) in [5.74, 6) is 0. The van der Waals surface area contributed by atoms with E-state index in [-0.39, 0.29) is 18.2 Å². The molecule has 0 spiro atoms. The van der Waals surface area contributed by atoms with Crippen LogP contribution in [0.4, 0.5) is 4.79 Å². The van der Waals surface area contributed by atoms with Gasteiger partial charge in [-0.3, -0.25) is 4.90 Å². The molecule has 2 aromatic carbocycles. The molecule has 0 radical (unpaired) electrons. The smallest absolute Gasteiger partial charge is 0.410 e. The topological polar surface area (TPSA) is 29.5 Å². The number of carbonyl (C=O) groups excluding carboxylic acids is 1. The average molecular weight is 376 g/mol. The van der Waals surface area contributed by atoms with E-state index in [4.69, 9.17) is 4.74 Å². The van der Waals surface area contributed by atoms with Crippen molar-refractivity contribution in [2.75, 3.05) is 0 Å². The van der Waals surface area contributed by atoms with Crippen LogP contribution in [0.5, 0.6) is 0 Å². The molecule has 1 fully saturated rings. The van der Waals surface area contributed by atoms with Gasteiger partial charge in [0, 0.05) is 6.04 Å². The standard InChI is InChI=1S/C25H29NO2/c1-18-8-6-9-19(2)24(18)16-21-14-22-12-7-13-23(15-21)26(22)25(27)28-17-20-10-4-3-5-11-20/h3-6,8-11,14,22-23H,7,12-13,15-17H2,1-2H3. The van der Waals surface area contributed by atoms with Gasteiger partial charge in [-0.25, -0.2) is 4.79 Å². The summed E-state index contributed by atoms with van der Waals surface area (Å²) in [5, 5.41) is 0. The molecule has 2 aromatic rings. The van der Waals surface area contributed by atoms with Gasteiger partial charge in [0.05, 0.1) is 6.04 Å². The highest BCUT2D eigenvalue weighted by molar-refractivity contribution is 5.69. The van der Waals surface area contributed by atoms with E-state index in [9.17, 15) is 4.79 Å². The van der Waals surface area contributed by atoms with Crippen LogP contribution in [0.25, 0.3) is 0 Å². The molecule has 0 saturated carbocycles. The Morgan fingerprint density at radius 3 is 2.50 bits per heavy atom. The lowest BCUT2D eigenvalue weighted by Gasteiger charge is -2.44. The van der Waals surface area contributed by atoms with Crippen LogP contribution in [0.2, 0.25) is 0 Å². The van der Waals surface area contributed by atoms with Crippen LogP contribution in [-0.2, 0) is 17.8 Å². The average Bonchev–Trinajstić information content (AvgIpc) is 2.69. The van der Waals surface area contributed by atoms with E-state index in [1.807, 2.05) is 35.2 Å². The Morgan fingerprint density at radius 2 is 1.79 bits per heavy atom. The second-order valence-electron chi connectivity index (χ2n) is 8.18. The predicted octanol–water partition coefficient (Wildman–Crippen LogP) is 5.74. The van der Waals surface area contributed by atoms with Crippen LogP contribution < -0.4 is 0 Å². The first kappa shape index (κ1) is 18.8. The lowest BCUT2D eigenvalue weighted by molar-refractivity contribution is 0.0481. The monoisotopic (exact) mass is 375 g/mol. The molecule has 2 aliphatic rings. The molecule has 2 atom stereocenters. The summed E-state index contributed by atoms with van der Waals surface area (Å²) in [6.45, 7) is 4.73. The summed E-state index contributed by atoms with van der Waals surface area (Å²) in [6.07, 6.45) is 7.43. The van der Waals surface area contributed by atoms with Crippen molar-refractivity contribution in [2.45, 2.75) is 64.6 Å². The summed E-state index contributed by atoms with van der Waals surface area (Å²) < 4.78 is 5.65. The Kier molecular flexibility index (Phi) is 5.52. The van der Waals surface area contributed by atoms with Crippen molar-refractivity contribution in [2.24, 2.45) is 0 Å². The van der Waals surface area contributed by atoms with Crippen molar-refractivity contribution in [1.82, 2.24) is 4.90 Å². The first-order valence-corrected chi connectivity index (χ1v) is 10.4. The number of benzene rings is 2. The normalized spacial score (nSPS) is 21.2. The summed E-state index contributed by atoms with van der Waals surface area (Å²) in [5.41, 5.74) is 6.65. The molecular weight excluding hydrogens is 346 g/mol. The number of aryl methyl sites for hydroxylation is 2. The maximum absolute atomic E-state index is 12.8. The van der Waals surface area contributed by atoms with Gasteiger partial charge in [-0.15, -0.1) is 0 Å². The van der Waals surface area contributed by atoms with Gasteiger partial charge in [-0.2, -0.15) is 0 Å². The first-order chi connectivity index (χ1) is 13.6. The van der Waals surface area contributed by atoms with Crippen molar-refractivity contribution in [3.8, 4) is 0 Å². The molecule has 1 amide bonds. The van der Waals surface area contributed by atoms with Gasteiger partial charge in [0.25, 0.3) is 0 Å². The van der Waals surface area contributed by atoms with Crippen LogP contribution in [0.3, 0.4) is 0 Å². The quantitative estimate of drug-likeness (QED) is 0.638. The van der Waals surface area contributed by atoms with Gasteiger partial charge in [0.1, 0.15) is 6.61 Å². The molecule has 28 heavy (non-hydrogen) atoms. The molecular formula is C25H29NO2. The molecule has 1 saturated heterocycles. The van der Waals surface area contributed by atoms with Crippen LogP contribution in [-0.4, -0.2) is 23.1 Å². The van der Waals surface area contributed by atoms with Crippen molar-refractivity contribution in [1.29, 1.82) is 0 Å². The van der Waals surface area contributed by atoms with Gasteiger partial charge >= 0.3 is 6.09 Å². The van der Waals surface area contributed by atoms with Crippen LogP contribution >= 0.6 is 0 Å². The van der Waals surface area contributed by atoms with E-state index in [1.54, 1.807) is 0 Å². The molecule has 2 heterocycles. The molecule has 2 bridgehead atoms. The minimum Gasteiger partial charge on any atom is -0.445 e. The van der Waals surface area contributed by atoms with E-state index < -0.39 is 0 Å². The Hall–Kier alpha value is -2.55. The summed E-state index contributed by atoms with van der Waals surface area (Å²) in [6, 6.07) is 16.9. The zero-order valence-electron chi connectivity index (χ0n) is 16.9. The fourth-order valence-electron chi connectivity index (χ4n) is 4.68. The Bertz CT molecular complexity index is 851. The molecule has 2 aliphatic heterocycles. The molecule has 146 valence electrons. The maximum atomic E-state index is 12.8. The maximum Gasteiger partial charge on any atom is 0.410 e. The number of amides is 1. The minimum atomic E-state index is -0.166. The third-order valence-corrected chi connectivity index (χ3v) is 6.18. The zero-order chi connectivity index (χ0) is 19.5. The van der Waals surface area contributed by atoms with E-state index in [0.29, 0.717) is 6.61 Å². The zero-order valence-corrected chi connectivity index (χ0v) is 16.9. The van der Waals surface area contributed by atoms with Gasteiger partial charge in [0.15, 0.2) is 0 Å². The van der Waals surface area contributed by atoms with Crippen molar-refractivity contribution in [3.63, 3.8) is 0 Å². The summed E-state index contributed by atoms with van der Waals surface area (Å²) >= 11 is 0. The van der Waals surface area contributed by atoms with E-state index >= 15 is 0 Å². The van der Waals surface area contributed by atoms with Crippen LogP contribution in [0.1, 0.15) is 47.9 Å². The van der Waals surface area contributed by atoms with Crippen molar-refractivity contribution in [3.05, 3.63) is 82.4 Å². The number of piperidine rings is 1. The highest BCUT2D eigenvalue weighted by Gasteiger charge is 2.37. The van der Waals surface area contributed by atoms with Crippen molar-refractivity contribution >= 4 is 6.09 Å². The molecule has 3 nitrogen and oxygen atoms in total. The Morgan fingerprint density at radius 1 is 1.04 bits per heavy atom. The SMILES string of the molecule is Cc1cccc(C)c1CC1=CC2CCCC(C1)N2C(=O)OCc1ccccc1. The molecule has 3 heteroatoms. The Balaban J connectivity index is 1.47. The van der Waals surface area contributed by atoms with E-state index in [2.05, 4.69) is 38.1 Å². The van der Waals surface area contributed by atoms with Gasteiger partial charge < -0.3 is 4.74 Å². The van der Waals surface area contributed by atoms with Crippen LogP contribution in [0.15, 0.2) is 60.2 Å². The minimum absolute atomic E-state index is 0.166. The Labute approximate surface area is 168 Å². The summed E-state index contributed by atoms with van der Waals surface area (Å²) in [4.78, 5) is 14.8. The third kappa shape index (κ3) is 3.99. The lowest BCUT2D eigenvalue weighted by atomic mass is 9.82. The molecule has 0 aliphatic carbocycles. The van der Waals surface area contributed by atoms with E-state index in [1.165, 1.54) is 28.7 Å². The molecule has 4 rings (SSSR count). The fourth-order valence-corrected chi connectivity index (χ4v) is 4.68. The number of nitrogens with zero attached hydrogens (tertiary/aromatic N) is 1. The summed E-state index contributed by atoms with van der Waals surface area (Å²) in [7, 11) is 0. The second-order valence-corrected chi connectivity index (χ2v) is 8.18. The molecule has 0 aromatic heterocycles. The number of rotatable bonds is 4. The third-order valence-electron chi connectivity index (χ3n) is 6.18. The van der Waals surface area contributed by atoms with Gasteiger partial charge in [-0.1, -0.05) is 60.2 Å². The van der Waals surface area contributed by atoms with Gasteiger partial charge in [-0.05, 0) is 68.2 Å². The number of ether oxygens (including phenoxy) is 1. The van der Waals surface area contributed by atoms with Crippen LogP contribution in [0, 0.1) is 13.8 Å². The van der Waals surface area contributed by atoms with Gasteiger partial charge in [0.2, 0.25) is 0 Å². The number of carbonyl (C=O) groups is 1. The largest absolute Gasteiger partial charge is 0.445 e. The lowest BCUT2D eigenvalue weighted by Crippen LogP contribution is -2.52. The molecule has 0 N–H and O–H groups in total.